The molecule has 1 aliphatic rings. The van der Waals surface area contributed by atoms with E-state index in [-0.39, 0.29) is 24.0 Å². The first-order valence-electron chi connectivity index (χ1n) is 9.99. The van der Waals surface area contributed by atoms with Crippen LogP contribution in [0.4, 0.5) is 0 Å². The first-order chi connectivity index (χ1) is 13.7. The van der Waals surface area contributed by atoms with Crippen molar-refractivity contribution >= 4 is 35.9 Å². The van der Waals surface area contributed by atoms with Crippen molar-refractivity contribution in [3.8, 4) is 5.75 Å². The van der Waals surface area contributed by atoms with Gasteiger partial charge in [-0.2, -0.15) is 0 Å². The Morgan fingerprint density at radius 2 is 1.93 bits per heavy atom. The molecule has 29 heavy (non-hydrogen) atoms. The zero-order valence-corrected chi connectivity index (χ0v) is 20.0. The van der Waals surface area contributed by atoms with E-state index in [1.54, 1.807) is 19.2 Å². The quantitative estimate of drug-likeness (QED) is 0.171. The number of ether oxygens (including phenoxy) is 3. The van der Waals surface area contributed by atoms with Gasteiger partial charge in [-0.3, -0.25) is 4.99 Å². The number of esters is 1. The first-order valence-corrected chi connectivity index (χ1v) is 9.99. The monoisotopic (exact) mass is 519 g/mol. The average molecular weight is 519 g/mol. The van der Waals surface area contributed by atoms with Gasteiger partial charge < -0.3 is 24.8 Å². The van der Waals surface area contributed by atoms with E-state index >= 15 is 0 Å². The molecule has 0 aliphatic heterocycles. The topological polar surface area (TPSA) is 81.2 Å². The number of halogens is 1. The van der Waals surface area contributed by atoms with Gasteiger partial charge in [0.1, 0.15) is 11.3 Å². The maximum absolute atomic E-state index is 11.9. The minimum atomic E-state index is -0.417. The number of benzene rings is 1. The third-order valence-corrected chi connectivity index (χ3v) is 4.87. The van der Waals surface area contributed by atoms with Crippen LogP contribution in [0, 0.1) is 0 Å². The summed E-state index contributed by atoms with van der Waals surface area (Å²) >= 11 is 0. The molecule has 0 spiro atoms. The van der Waals surface area contributed by atoms with Gasteiger partial charge in [-0.25, -0.2) is 4.79 Å². The predicted octanol–water partition coefficient (Wildman–Crippen LogP) is 3.50. The second kappa shape index (κ2) is 14.4. The lowest BCUT2D eigenvalue weighted by molar-refractivity contribution is 0.0277. The molecule has 0 aromatic heterocycles. The molecule has 7 nitrogen and oxygen atoms in total. The Hall–Kier alpha value is -1.55. The highest BCUT2D eigenvalue weighted by molar-refractivity contribution is 14.0. The SMILES string of the molecule is CN=C(NCCCOC1CCCCC1)NCc1ccc(OC)c(C(=O)OC)c1.I. The summed E-state index contributed by atoms with van der Waals surface area (Å²) in [6.45, 7) is 2.10. The molecule has 1 aromatic rings. The summed E-state index contributed by atoms with van der Waals surface area (Å²) in [5.74, 6) is 0.795. The number of carbonyl (C=O) groups excluding carboxylic acids is 1. The summed E-state index contributed by atoms with van der Waals surface area (Å²) < 4.78 is 16.0. The summed E-state index contributed by atoms with van der Waals surface area (Å²) in [6.07, 6.45) is 7.72. The number of carbonyl (C=O) groups is 1. The maximum Gasteiger partial charge on any atom is 0.341 e. The van der Waals surface area contributed by atoms with E-state index in [1.807, 2.05) is 6.07 Å². The second-order valence-electron chi connectivity index (χ2n) is 6.86. The molecule has 8 heteroatoms. The molecule has 0 saturated heterocycles. The van der Waals surface area contributed by atoms with Gasteiger partial charge in [0, 0.05) is 26.7 Å². The van der Waals surface area contributed by atoms with Gasteiger partial charge in [0.15, 0.2) is 5.96 Å². The van der Waals surface area contributed by atoms with Crippen LogP contribution in [0.1, 0.15) is 54.4 Å². The smallest absolute Gasteiger partial charge is 0.341 e. The van der Waals surface area contributed by atoms with Crippen molar-refractivity contribution in [2.45, 2.75) is 51.2 Å². The molecule has 0 bridgehead atoms. The molecule has 0 unspecified atom stereocenters. The molecular weight excluding hydrogens is 485 g/mol. The van der Waals surface area contributed by atoms with Crippen LogP contribution in [-0.4, -0.2) is 52.5 Å². The summed E-state index contributed by atoms with van der Waals surface area (Å²) in [5.41, 5.74) is 1.34. The van der Waals surface area contributed by atoms with Crippen LogP contribution in [0.2, 0.25) is 0 Å². The fourth-order valence-electron chi connectivity index (χ4n) is 3.30. The summed E-state index contributed by atoms with van der Waals surface area (Å²) in [4.78, 5) is 16.1. The van der Waals surface area contributed by atoms with E-state index in [9.17, 15) is 4.79 Å². The fraction of sp³-hybridized carbons (Fsp3) is 0.619. The molecule has 164 valence electrons. The standard InChI is InChI=1S/C21H33N3O4.HI/c1-22-21(23-12-7-13-28-17-8-5-4-6-9-17)24-15-16-10-11-19(26-2)18(14-16)20(25)27-3;/h10-11,14,17H,4-9,12-13,15H2,1-3H3,(H2,22,23,24);1H. The fourth-order valence-corrected chi connectivity index (χ4v) is 3.30. The molecule has 1 saturated carbocycles. The van der Waals surface area contributed by atoms with Crippen LogP contribution in [0.3, 0.4) is 0 Å². The summed E-state index contributed by atoms with van der Waals surface area (Å²) in [7, 11) is 4.63. The molecule has 1 aliphatic carbocycles. The predicted molar refractivity (Wildman–Crippen MR) is 125 cm³/mol. The van der Waals surface area contributed by atoms with Gasteiger partial charge >= 0.3 is 5.97 Å². The van der Waals surface area contributed by atoms with Crippen LogP contribution in [0.15, 0.2) is 23.2 Å². The van der Waals surface area contributed by atoms with Gasteiger partial charge in [-0.15, -0.1) is 24.0 Å². The van der Waals surface area contributed by atoms with Gasteiger partial charge in [-0.05, 0) is 37.0 Å². The van der Waals surface area contributed by atoms with Crippen molar-refractivity contribution in [1.29, 1.82) is 0 Å². The minimum absolute atomic E-state index is 0. The van der Waals surface area contributed by atoms with Crippen LogP contribution in [0.5, 0.6) is 5.75 Å². The molecule has 1 fully saturated rings. The lowest BCUT2D eigenvalue weighted by Crippen LogP contribution is -2.37. The van der Waals surface area contributed by atoms with Crippen molar-refractivity contribution in [2.24, 2.45) is 4.99 Å². The third kappa shape index (κ3) is 8.77. The van der Waals surface area contributed by atoms with Gasteiger partial charge in [0.2, 0.25) is 0 Å². The summed E-state index contributed by atoms with van der Waals surface area (Å²) in [6, 6.07) is 5.44. The number of rotatable bonds is 9. The lowest BCUT2D eigenvalue weighted by atomic mass is 9.98. The number of hydrogen-bond acceptors (Lipinski definition) is 5. The third-order valence-electron chi connectivity index (χ3n) is 4.87. The average Bonchev–Trinajstić information content (AvgIpc) is 2.75. The normalized spacial score (nSPS) is 14.7. The van der Waals surface area contributed by atoms with E-state index in [0.29, 0.717) is 29.9 Å². The van der Waals surface area contributed by atoms with E-state index in [1.165, 1.54) is 46.3 Å². The molecule has 2 rings (SSSR count). The number of nitrogens with one attached hydrogen (secondary N) is 2. The number of hydrogen-bond donors (Lipinski definition) is 2. The largest absolute Gasteiger partial charge is 0.496 e. The first kappa shape index (κ1) is 25.5. The second-order valence-corrected chi connectivity index (χ2v) is 6.86. The van der Waals surface area contributed by atoms with Crippen LogP contribution in [-0.2, 0) is 16.0 Å². The number of nitrogens with zero attached hydrogens (tertiary/aromatic N) is 1. The molecule has 0 radical (unpaired) electrons. The van der Waals surface area contributed by atoms with Crippen molar-refractivity contribution in [1.82, 2.24) is 10.6 Å². The highest BCUT2D eigenvalue weighted by Gasteiger charge is 2.14. The van der Waals surface area contributed by atoms with Crippen LogP contribution in [0.25, 0.3) is 0 Å². The molecule has 2 N–H and O–H groups in total. The highest BCUT2D eigenvalue weighted by atomic mass is 127. The Bertz CT molecular complexity index is 649. The van der Waals surface area contributed by atoms with E-state index in [2.05, 4.69) is 15.6 Å². The van der Waals surface area contributed by atoms with E-state index < -0.39 is 5.97 Å². The zero-order chi connectivity index (χ0) is 20.2. The molecule has 1 aromatic carbocycles. The molecule has 0 atom stereocenters. The molecule has 0 amide bonds. The zero-order valence-electron chi connectivity index (χ0n) is 17.7. The Kier molecular flexibility index (Phi) is 12.7. The van der Waals surface area contributed by atoms with Crippen molar-refractivity contribution in [2.75, 3.05) is 34.4 Å². The van der Waals surface area contributed by atoms with Crippen molar-refractivity contribution < 1.29 is 19.0 Å². The molecular formula is C21H34IN3O4. The summed E-state index contributed by atoms with van der Waals surface area (Å²) in [5, 5.41) is 6.54. The molecule has 0 heterocycles. The van der Waals surface area contributed by atoms with Crippen LogP contribution >= 0.6 is 24.0 Å². The minimum Gasteiger partial charge on any atom is -0.496 e. The van der Waals surface area contributed by atoms with Gasteiger partial charge in [0.25, 0.3) is 0 Å². The Morgan fingerprint density at radius 3 is 2.59 bits per heavy atom. The highest BCUT2D eigenvalue weighted by Crippen LogP contribution is 2.21. The maximum atomic E-state index is 11.9. The van der Waals surface area contributed by atoms with Crippen LogP contribution < -0.4 is 15.4 Å². The number of methoxy groups -OCH3 is 2. The van der Waals surface area contributed by atoms with Crippen molar-refractivity contribution in [3.05, 3.63) is 29.3 Å². The van der Waals surface area contributed by atoms with Crippen molar-refractivity contribution in [3.63, 3.8) is 0 Å². The van der Waals surface area contributed by atoms with Gasteiger partial charge in [-0.1, -0.05) is 25.3 Å². The Balaban J connectivity index is 0.00000420. The Labute approximate surface area is 191 Å². The number of aliphatic imine (C=N–C) groups is 1. The van der Waals surface area contributed by atoms with Gasteiger partial charge in [0.05, 0.1) is 20.3 Å². The van der Waals surface area contributed by atoms with E-state index in [0.717, 1.165) is 25.1 Å². The van der Waals surface area contributed by atoms with E-state index in [4.69, 9.17) is 14.2 Å². The number of guanidine groups is 1. The lowest BCUT2D eigenvalue weighted by Gasteiger charge is -2.22. The Morgan fingerprint density at radius 1 is 1.17 bits per heavy atom.